The van der Waals surface area contributed by atoms with Gasteiger partial charge in [-0.2, -0.15) is 0 Å². The van der Waals surface area contributed by atoms with Crippen molar-refractivity contribution in [2.45, 2.75) is 46.3 Å². The van der Waals surface area contributed by atoms with Crippen LogP contribution in [0, 0.1) is 0 Å². The minimum atomic E-state index is -0.474. The number of likely N-dealkylation sites (N-methyl/N-ethyl adjacent to an activating group) is 1. The highest BCUT2D eigenvalue weighted by atomic mass is 16.6. The summed E-state index contributed by atoms with van der Waals surface area (Å²) in [5.41, 5.74) is -0.474. The van der Waals surface area contributed by atoms with Crippen molar-refractivity contribution >= 4 is 6.09 Å². The van der Waals surface area contributed by atoms with Crippen molar-refractivity contribution in [3.8, 4) is 0 Å². The molecule has 0 rings (SSSR count). The SMILES string of the molecule is CC(C)OCCOCCOCCN(C)C(=O)OC(C)(C)C. The van der Waals surface area contributed by atoms with Gasteiger partial charge in [0.1, 0.15) is 5.60 Å². The van der Waals surface area contributed by atoms with Crippen LogP contribution in [0.4, 0.5) is 4.79 Å². The van der Waals surface area contributed by atoms with E-state index < -0.39 is 5.60 Å². The third-order valence-corrected chi connectivity index (χ3v) is 2.33. The van der Waals surface area contributed by atoms with Crippen LogP contribution in [-0.4, -0.2) is 69.3 Å². The number of hydrogen-bond acceptors (Lipinski definition) is 5. The van der Waals surface area contributed by atoms with Crippen LogP contribution in [0.15, 0.2) is 0 Å². The van der Waals surface area contributed by atoms with Crippen molar-refractivity contribution < 1.29 is 23.7 Å². The van der Waals surface area contributed by atoms with Crippen molar-refractivity contribution in [2.75, 3.05) is 46.6 Å². The fourth-order valence-corrected chi connectivity index (χ4v) is 1.30. The number of ether oxygens (including phenoxy) is 4. The summed E-state index contributed by atoms with van der Waals surface area (Å²) in [7, 11) is 1.69. The Bertz CT molecular complexity index is 276. The lowest BCUT2D eigenvalue weighted by Gasteiger charge is -2.24. The van der Waals surface area contributed by atoms with Crippen LogP contribution in [0.5, 0.6) is 0 Å². The minimum Gasteiger partial charge on any atom is -0.444 e. The second-order valence-electron chi connectivity index (χ2n) is 6.05. The molecule has 0 N–H and O–H groups in total. The van der Waals surface area contributed by atoms with Crippen LogP contribution in [-0.2, 0) is 18.9 Å². The first-order valence-electron chi connectivity index (χ1n) is 7.43. The largest absolute Gasteiger partial charge is 0.444 e. The lowest BCUT2D eigenvalue weighted by atomic mass is 10.2. The van der Waals surface area contributed by atoms with Crippen LogP contribution in [0.25, 0.3) is 0 Å². The highest BCUT2D eigenvalue weighted by Crippen LogP contribution is 2.08. The normalized spacial score (nSPS) is 11.8. The van der Waals surface area contributed by atoms with Crippen molar-refractivity contribution in [3.05, 3.63) is 0 Å². The van der Waals surface area contributed by atoms with E-state index in [0.29, 0.717) is 39.6 Å². The fourth-order valence-electron chi connectivity index (χ4n) is 1.30. The van der Waals surface area contributed by atoms with Gasteiger partial charge in [-0.15, -0.1) is 0 Å². The Morgan fingerprint density at radius 2 is 1.52 bits per heavy atom. The summed E-state index contributed by atoms with van der Waals surface area (Å²) in [5.74, 6) is 0. The Balaban J connectivity index is 3.44. The van der Waals surface area contributed by atoms with Gasteiger partial charge < -0.3 is 23.8 Å². The zero-order chi connectivity index (χ0) is 16.3. The van der Waals surface area contributed by atoms with E-state index in [9.17, 15) is 4.79 Å². The Kier molecular flexibility index (Phi) is 10.4. The second kappa shape index (κ2) is 10.8. The molecule has 1 amide bonds. The molecule has 0 bridgehead atoms. The zero-order valence-electron chi connectivity index (χ0n) is 14.3. The van der Waals surface area contributed by atoms with Gasteiger partial charge in [-0.3, -0.25) is 0 Å². The molecule has 0 fully saturated rings. The molecule has 0 aromatic carbocycles. The van der Waals surface area contributed by atoms with Crippen molar-refractivity contribution in [1.82, 2.24) is 4.90 Å². The first-order valence-corrected chi connectivity index (χ1v) is 7.43. The number of carbonyl (C=O) groups excluding carboxylic acids is 1. The summed E-state index contributed by atoms with van der Waals surface area (Å²) in [6, 6.07) is 0. The molecule has 0 atom stereocenters. The predicted octanol–water partition coefficient (Wildman–Crippen LogP) is 2.31. The summed E-state index contributed by atoms with van der Waals surface area (Å²) >= 11 is 0. The number of nitrogens with zero attached hydrogens (tertiary/aromatic N) is 1. The molecule has 0 aromatic rings. The van der Waals surface area contributed by atoms with Crippen LogP contribution in [0.3, 0.4) is 0 Å². The summed E-state index contributed by atoms with van der Waals surface area (Å²) in [6.45, 7) is 12.7. The maximum absolute atomic E-state index is 11.7. The molecule has 0 saturated carbocycles. The van der Waals surface area contributed by atoms with Crippen LogP contribution < -0.4 is 0 Å². The average molecular weight is 305 g/mol. The van der Waals surface area contributed by atoms with E-state index in [0.717, 1.165) is 0 Å². The Hall–Kier alpha value is -0.850. The quantitative estimate of drug-likeness (QED) is 0.580. The van der Waals surface area contributed by atoms with E-state index in [2.05, 4.69) is 0 Å². The molecule has 0 aliphatic carbocycles. The smallest absolute Gasteiger partial charge is 0.410 e. The lowest BCUT2D eigenvalue weighted by Crippen LogP contribution is -2.36. The van der Waals surface area contributed by atoms with Gasteiger partial charge in [-0.05, 0) is 34.6 Å². The molecule has 0 aliphatic heterocycles. The van der Waals surface area contributed by atoms with Gasteiger partial charge in [0.25, 0.3) is 0 Å². The summed E-state index contributed by atoms with van der Waals surface area (Å²) in [4.78, 5) is 13.2. The predicted molar refractivity (Wildman–Crippen MR) is 81.6 cm³/mol. The van der Waals surface area contributed by atoms with Crippen LogP contribution in [0.2, 0.25) is 0 Å². The third-order valence-electron chi connectivity index (χ3n) is 2.33. The van der Waals surface area contributed by atoms with E-state index >= 15 is 0 Å². The highest BCUT2D eigenvalue weighted by Gasteiger charge is 2.19. The van der Waals surface area contributed by atoms with Crippen LogP contribution in [0.1, 0.15) is 34.6 Å². The van der Waals surface area contributed by atoms with E-state index in [1.165, 1.54) is 4.90 Å². The highest BCUT2D eigenvalue weighted by molar-refractivity contribution is 5.67. The standard InChI is InChI=1S/C15H31NO5/c1-13(2)20-12-11-19-10-9-18-8-7-16(6)14(17)21-15(3,4)5/h13H,7-12H2,1-6H3. The van der Waals surface area contributed by atoms with Gasteiger partial charge in [-0.1, -0.05) is 0 Å². The topological polar surface area (TPSA) is 57.2 Å². The summed E-state index contributed by atoms with van der Waals surface area (Å²) in [5, 5.41) is 0. The van der Waals surface area contributed by atoms with E-state index in [4.69, 9.17) is 18.9 Å². The average Bonchev–Trinajstić information content (AvgIpc) is 2.34. The Labute approximate surface area is 128 Å². The molecule has 0 unspecified atom stereocenters. The zero-order valence-corrected chi connectivity index (χ0v) is 14.3. The first-order chi connectivity index (χ1) is 9.72. The van der Waals surface area contributed by atoms with Gasteiger partial charge in [0.05, 0.1) is 39.1 Å². The molecule has 126 valence electrons. The van der Waals surface area contributed by atoms with Gasteiger partial charge in [-0.25, -0.2) is 4.79 Å². The molecular formula is C15H31NO5. The molecule has 0 heterocycles. The molecule has 6 nitrogen and oxygen atoms in total. The van der Waals surface area contributed by atoms with E-state index in [1.807, 2.05) is 34.6 Å². The summed E-state index contributed by atoms with van der Waals surface area (Å²) in [6.07, 6.45) is -0.110. The molecule has 0 radical (unpaired) electrons. The molecule has 6 heteroatoms. The third kappa shape index (κ3) is 13.9. The van der Waals surface area contributed by atoms with Gasteiger partial charge >= 0.3 is 6.09 Å². The Morgan fingerprint density at radius 3 is 2.05 bits per heavy atom. The molecule has 0 aromatic heterocycles. The number of rotatable bonds is 10. The lowest BCUT2D eigenvalue weighted by molar-refractivity contribution is -0.00599. The maximum Gasteiger partial charge on any atom is 0.410 e. The number of hydrogen-bond donors (Lipinski definition) is 0. The molecular weight excluding hydrogens is 274 g/mol. The van der Waals surface area contributed by atoms with Gasteiger partial charge in [0.2, 0.25) is 0 Å². The maximum atomic E-state index is 11.7. The van der Waals surface area contributed by atoms with E-state index in [-0.39, 0.29) is 12.2 Å². The van der Waals surface area contributed by atoms with Crippen molar-refractivity contribution in [1.29, 1.82) is 0 Å². The van der Waals surface area contributed by atoms with Gasteiger partial charge in [0.15, 0.2) is 0 Å². The van der Waals surface area contributed by atoms with Gasteiger partial charge in [0, 0.05) is 13.6 Å². The number of amides is 1. The fraction of sp³-hybridized carbons (Fsp3) is 0.933. The van der Waals surface area contributed by atoms with Crippen molar-refractivity contribution in [3.63, 3.8) is 0 Å². The molecule has 0 aliphatic rings. The first kappa shape index (κ1) is 20.1. The van der Waals surface area contributed by atoms with E-state index in [1.54, 1.807) is 7.05 Å². The minimum absolute atomic E-state index is 0.230. The number of carbonyl (C=O) groups is 1. The van der Waals surface area contributed by atoms with Crippen molar-refractivity contribution in [2.24, 2.45) is 0 Å². The molecule has 0 spiro atoms. The summed E-state index contributed by atoms with van der Waals surface area (Å²) < 4.78 is 21.3. The molecule has 21 heavy (non-hydrogen) atoms. The molecule has 0 saturated heterocycles. The van der Waals surface area contributed by atoms with Crippen LogP contribution >= 0.6 is 0 Å². The second-order valence-corrected chi connectivity index (χ2v) is 6.05. The monoisotopic (exact) mass is 305 g/mol. The Morgan fingerprint density at radius 1 is 1.00 bits per heavy atom.